The molecule has 0 fully saturated rings. The Morgan fingerprint density at radius 2 is 1.66 bits per heavy atom. The SMILES string of the molecule is COc1ccc(C(=O)N(Cc2cc(NC(=O)CC(C)(C)C)ccc2Cl)CC(C)(C)CN)cc1OC. The Kier molecular flexibility index (Phi) is 9.58. The van der Waals surface area contributed by atoms with Crippen molar-refractivity contribution in [3.8, 4) is 11.5 Å². The quantitative estimate of drug-likeness (QED) is 0.455. The number of benzene rings is 2. The molecule has 0 saturated carbocycles. The van der Waals surface area contributed by atoms with Crippen LogP contribution >= 0.6 is 11.6 Å². The van der Waals surface area contributed by atoms with Gasteiger partial charge in [0.1, 0.15) is 0 Å². The lowest BCUT2D eigenvalue weighted by molar-refractivity contribution is -0.117. The summed E-state index contributed by atoms with van der Waals surface area (Å²) < 4.78 is 10.7. The van der Waals surface area contributed by atoms with Crippen LogP contribution in [0.25, 0.3) is 0 Å². The Hall–Kier alpha value is -2.77. The van der Waals surface area contributed by atoms with Crippen molar-refractivity contribution in [3.05, 3.63) is 52.5 Å². The fraction of sp³-hybridized carbons (Fsp3) is 0.481. The molecule has 2 aromatic rings. The van der Waals surface area contributed by atoms with Crippen molar-refractivity contribution in [2.45, 2.75) is 47.6 Å². The van der Waals surface area contributed by atoms with E-state index in [9.17, 15) is 9.59 Å². The summed E-state index contributed by atoms with van der Waals surface area (Å²) in [5.41, 5.74) is 7.35. The molecular formula is C27H38ClN3O4. The fourth-order valence-electron chi connectivity index (χ4n) is 3.60. The summed E-state index contributed by atoms with van der Waals surface area (Å²) in [6.45, 7) is 11.1. The normalized spacial score (nSPS) is 11.7. The number of nitrogens with two attached hydrogens (primary N) is 1. The number of halogens is 1. The maximum absolute atomic E-state index is 13.6. The number of nitrogens with one attached hydrogen (secondary N) is 1. The van der Waals surface area contributed by atoms with E-state index in [1.165, 1.54) is 7.11 Å². The highest BCUT2D eigenvalue weighted by Crippen LogP contribution is 2.30. The van der Waals surface area contributed by atoms with E-state index in [1.54, 1.807) is 42.3 Å². The van der Waals surface area contributed by atoms with Crippen molar-refractivity contribution in [1.29, 1.82) is 0 Å². The van der Waals surface area contributed by atoms with Crippen molar-refractivity contribution in [3.63, 3.8) is 0 Å². The van der Waals surface area contributed by atoms with Crippen molar-refractivity contribution in [1.82, 2.24) is 4.90 Å². The molecule has 0 radical (unpaired) electrons. The third kappa shape index (κ3) is 8.44. The number of anilines is 1. The van der Waals surface area contributed by atoms with E-state index in [0.717, 1.165) is 5.56 Å². The molecule has 0 aliphatic carbocycles. The van der Waals surface area contributed by atoms with Gasteiger partial charge in [-0.1, -0.05) is 46.2 Å². The van der Waals surface area contributed by atoms with Gasteiger partial charge in [-0.15, -0.1) is 0 Å². The van der Waals surface area contributed by atoms with E-state index in [2.05, 4.69) is 5.32 Å². The van der Waals surface area contributed by atoms with E-state index in [-0.39, 0.29) is 29.2 Å². The first kappa shape index (κ1) is 28.5. The minimum absolute atomic E-state index is 0.0757. The Morgan fingerprint density at radius 1 is 1.00 bits per heavy atom. The largest absolute Gasteiger partial charge is 0.493 e. The summed E-state index contributed by atoms with van der Waals surface area (Å²) in [6.07, 6.45) is 0.388. The van der Waals surface area contributed by atoms with E-state index >= 15 is 0 Å². The number of amides is 2. The molecule has 3 N–H and O–H groups in total. The minimum atomic E-state index is -0.322. The first-order valence-corrected chi connectivity index (χ1v) is 12.0. The second-order valence-corrected chi connectivity index (χ2v) is 11.1. The zero-order valence-electron chi connectivity index (χ0n) is 21.8. The second kappa shape index (κ2) is 11.8. The van der Waals surface area contributed by atoms with Gasteiger partial charge in [0.25, 0.3) is 5.91 Å². The van der Waals surface area contributed by atoms with Gasteiger partial charge < -0.3 is 25.4 Å². The Balaban J connectivity index is 2.37. The van der Waals surface area contributed by atoms with Crippen LogP contribution in [-0.4, -0.2) is 44.0 Å². The van der Waals surface area contributed by atoms with Crippen LogP contribution in [0.1, 0.15) is 57.0 Å². The highest BCUT2D eigenvalue weighted by atomic mass is 35.5. The van der Waals surface area contributed by atoms with Gasteiger partial charge >= 0.3 is 0 Å². The summed E-state index contributed by atoms with van der Waals surface area (Å²) in [5, 5.41) is 3.44. The predicted octanol–water partition coefficient (Wildman–Crippen LogP) is 5.36. The Morgan fingerprint density at radius 3 is 2.23 bits per heavy atom. The van der Waals surface area contributed by atoms with Gasteiger partial charge in [0, 0.05) is 35.8 Å². The lowest BCUT2D eigenvalue weighted by atomic mass is 9.92. The fourth-order valence-corrected chi connectivity index (χ4v) is 3.78. The average molecular weight is 504 g/mol. The van der Waals surface area contributed by atoms with Crippen molar-refractivity contribution >= 4 is 29.1 Å². The van der Waals surface area contributed by atoms with Gasteiger partial charge in [-0.25, -0.2) is 0 Å². The number of carbonyl (C=O) groups is 2. The van der Waals surface area contributed by atoms with Crippen LogP contribution in [-0.2, 0) is 11.3 Å². The molecule has 0 heterocycles. The molecule has 0 aliphatic heterocycles. The van der Waals surface area contributed by atoms with Crippen molar-refractivity contribution in [2.75, 3.05) is 32.6 Å². The van der Waals surface area contributed by atoms with Crippen molar-refractivity contribution in [2.24, 2.45) is 16.6 Å². The number of rotatable bonds is 10. The topological polar surface area (TPSA) is 93.9 Å². The van der Waals surface area contributed by atoms with E-state index in [1.807, 2.05) is 40.7 Å². The van der Waals surface area contributed by atoms with Gasteiger partial charge in [-0.2, -0.15) is 0 Å². The maximum atomic E-state index is 13.6. The molecule has 2 rings (SSSR count). The molecular weight excluding hydrogens is 466 g/mol. The lowest BCUT2D eigenvalue weighted by Crippen LogP contribution is -2.41. The molecule has 0 bridgehead atoms. The molecule has 35 heavy (non-hydrogen) atoms. The number of ether oxygens (including phenoxy) is 2. The first-order chi connectivity index (χ1) is 16.3. The molecule has 8 heteroatoms. The summed E-state index contributed by atoms with van der Waals surface area (Å²) in [5.74, 6) is 0.747. The summed E-state index contributed by atoms with van der Waals surface area (Å²) in [6, 6.07) is 10.4. The number of methoxy groups -OCH3 is 2. The molecule has 0 aromatic heterocycles. The standard InChI is InChI=1S/C27H38ClN3O4/c1-26(2,3)14-24(32)30-20-9-10-21(28)19(12-20)15-31(17-27(4,5)16-29)25(33)18-8-11-22(34-6)23(13-18)35-7/h8-13H,14-17,29H2,1-7H3,(H,30,32). The first-order valence-electron chi connectivity index (χ1n) is 11.6. The van der Waals surface area contributed by atoms with Gasteiger partial charge in [-0.05, 0) is 59.3 Å². The molecule has 7 nitrogen and oxygen atoms in total. The van der Waals surface area contributed by atoms with Crippen LogP contribution in [0.5, 0.6) is 11.5 Å². The van der Waals surface area contributed by atoms with Gasteiger partial charge in [0.15, 0.2) is 11.5 Å². The minimum Gasteiger partial charge on any atom is -0.493 e. The van der Waals surface area contributed by atoms with Crippen LogP contribution < -0.4 is 20.5 Å². The monoisotopic (exact) mass is 503 g/mol. The number of carbonyl (C=O) groups excluding carboxylic acids is 2. The van der Waals surface area contributed by atoms with Crippen LogP contribution in [0.15, 0.2) is 36.4 Å². The highest BCUT2D eigenvalue weighted by molar-refractivity contribution is 6.31. The van der Waals surface area contributed by atoms with Gasteiger partial charge in [0.2, 0.25) is 5.91 Å². The molecule has 192 valence electrons. The van der Waals surface area contributed by atoms with E-state index in [0.29, 0.717) is 47.3 Å². The third-order valence-electron chi connectivity index (χ3n) is 5.47. The second-order valence-electron chi connectivity index (χ2n) is 10.7. The van der Waals surface area contributed by atoms with Crippen molar-refractivity contribution < 1.29 is 19.1 Å². The third-order valence-corrected chi connectivity index (χ3v) is 5.84. The number of hydrogen-bond acceptors (Lipinski definition) is 5. The highest BCUT2D eigenvalue weighted by Gasteiger charge is 2.26. The molecule has 0 spiro atoms. The lowest BCUT2D eigenvalue weighted by Gasteiger charge is -2.32. The summed E-state index contributed by atoms with van der Waals surface area (Å²) in [7, 11) is 3.07. The molecule has 2 amide bonds. The maximum Gasteiger partial charge on any atom is 0.254 e. The van der Waals surface area contributed by atoms with Gasteiger partial charge in [0.05, 0.1) is 14.2 Å². The summed E-state index contributed by atoms with van der Waals surface area (Å²) >= 11 is 6.51. The van der Waals surface area contributed by atoms with Gasteiger partial charge in [-0.3, -0.25) is 9.59 Å². The zero-order valence-corrected chi connectivity index (χ0v) is 22.6. The Bertz CT molecular complexity index is 1050. The predicted molar refractivity (Wildman–Crippen MR) is 141 cm³/mol. The molecule has 0 atom stereocenters. The molecule has 0 unspecified atom stereocenters. The van der Waals surface area contributed by atoms with Crippen LogP contribution in [0.3, 0.4) is 0 Å². The molecule has 2 aromatic carbocycles. The molecule has 0 aliphatic rings. The van der Waals surface area contributed by atoms with Crippen LogP contribution in [0.4, 0.5) is 5.69 Å². The molecule has 0 saturated heterocycles. The Labute approximate surface area is 213 Å². The number of hydrogen-bond donors (Lipinski definition) is 2. The van der Waals surface area contributed by atoms with E-state index in [4.69, 9.17) is 26.8 Å². The summed E-state index contributed by atoms with van der Waals surface area (Å²) in [4.78, 5) is 27.8. The van der Waals surface area contributed by atoms with Crippen LogP contribution in [0.2, 0.25) is 5.02 Å². The smallest absolute Gasteiger partial charge is 0.254 e. The average Bonchev–Trinajstić information content (AvgIpc) is 2.78. The zero-order chi connectivity index (χ0) is 26.4. The van der Waals surface area contributed by atoms with E-state index < -0.39 is 0 Å². The van der Waals surface area contributed by atoms with Crippen LogP contribution in [0, 0.1) is 10.8 Å². The number of nitrogens with zero attached hydrogens (tertiary/aromatic N) is 1.